The van der Waals surface area contributed by atoms with Gasteiger partial charge in [-0.05, 0) is 12.1 Å². The number of fused-ring (bicyclic) bond motifs is 1. The monoisotopic (exact) mass is 225 g/mol. The highest BCUT2D eigenvalue weighted by molar-refractivity contribution is 6.31. The van der Waals surface area contributed by atoms with Crippen molar-refractivity contribution in [3.05, 3.63) is 23.0 Å². The average molecular weight is 226 g/mol. The van der Waals surface area contributed by atoms with Crippen LogP contribution in [0.15, 0.2) is 12.1 Å². The van der Waals surface area contributed by atoms with Crippen LogP contribution >= 0.6 is 11.6 Å². The Morgan fingerprint density at radius 3 is 2.67 bits per heavy atom. The summed E-state index contributed by atoms with van der Waals surface area (Å²) in [4.78, 5) is 0. The Kier molecular flexibility index (Phi) is 2.52. The number of ether oxygens (including phenoxy) is 1. The second kappa shape index (κ2) is 3.70. The van der Waals surface area contributed by atoms with Crippen molar-refractivity contribution in [1.82, 2.24) is 14.6 Å². The highest BCUT2D eigenvalue weighted by atomic mass is 35.5. The van der Waals surface area contributed by atoms with Crippen LogP contribution in [0, 0.1) is 0 Å². The van der Waals surface area contributed by atoms with Gasteiger partial charge in [0.25, 0.3) is 0 Å². The maximum atomic E-state index is 6.04. The lowest BCUT2D eigenvalue weighted by molar-refractivity contribution is 0.389. The fourth-order valence-corrected chi connectivity index (χ4v) is 1.74. The Labute approximate surface area is 92.8 Å². The molecule has 2 aromatic heterocycles. The summed E-state index contributed by atoms with van der Waals surface area (Å²) in [5, 5.41) is 8.74. The van der Waals surface area contributed by atoms with E-state index in [-0.39, 0.29) is 5.92 Å². The quantitative estimate of drug-likeness (QED) is 0.789. The fourth-order valence-electron chi connectivity index (χ4n) is 1.51. The Balaban J connectivity index is 2.80. The number of hydrogen-bond donors (Lipinski definition) is 0. The van der Waals surface area contributed by atoms with Gasteiger partial charge in [0.1, 0.15) is 10.8 Å². The van der Waals surface area contributed by atoms with Gasteiger partial charge in [0.2, 0.25) is 5.88 Å². The summed E-state index contributed by atoms with van der Waals surface area (Å²) < 4.78 is 7.10. The number of pyridine rings is 1. The van der Waals surface area contributed by atoms with Crippen molar-refractivity contribution < 1.29 is 4.74 Å². The zero-order valence-corrected chi connectivity index (χ0v) is 9.62. The van der Waals surface area contributed by atoms with Crippen molar-refractivity contribution in [3.63, 3.8) is 0 Å². The van der Waals surface area contributed by atoms with Gasteiger partial charge in [-0.1, -0.05) is 25.4 Å². The molecule has 15 heavy (non-hydrogen) atoms. The molecule has 0 radical (unpaired) electrons. The van der Waals surface area contributed by atoms with Crippen molar-refractivity contribution in [2.45, 2.75) is 19.8 Å². The predicted molar refractivity (Wildman–Crippen MR) is 58.6 cm³/mol. The zero-order valence-electron chi connectivity index (χ0n) is 8.86. The van der Waals surface area contributed by atoms with Crippen LogP contribution in [0.2, 0.25) is 5.02 Å². The number of methoxy groups -OCH3 is 1. The molecule has 0 spiro atoms. The number of nitrogens with zero attached hydrogens (tertiary/aromatic N) is 3. The molecule has 80 valence electrons. The van der Waals surface area contributed by atoms with Gasteiger partial charge in [0.05, 0.1) is 7.11 Å². The molecule has 0 N–H and O–H groups in total. The first-order chi connectivity index (χ1) is 7.15. The zero-order chi connectivity index (χ0) is 11.0. The first kappa shape index (κ1) is 10.2. The summed E-state index contributed by atoms with van der Waals surface area (Å²) in [6, 6.07) is 3.58. The number of aromatic nitrogens is 3. The number of rotatable bonds is 2. The predicted octanol–water partition coefficient (Wildman–Crippen LogP) is 2.51. The minimum atomic E-state index is 0.271. The van der Waals surface area contributed by atoms with E-state index in [0.717, 1.165) is 11.5 Å². The Hall–Kier alpha value is -1.29. The Bertz CT molecular complexity index is 493. The van der Waals surface area contributed by atoms with Gasteiger partial charge in [-0.3, -0.25) is 0 Å². The molecular weight excluding hydrogens is 214 g/mol. The molecule has 0 fully saturated rings. The average Bonchev–Trinajstić information content (AvgIpc) is 2.61. The molecule has 0 aromatic carbocycles. The fraction of sp³-hybridized carbons (Fsp3) is 0.400. The number of halogens is 1. The van der Waals surface area contributed by atoms with Gasteiger partial charge < -0.3 is 4.74 Å². The standard InChI is InChI=1S/C10H12ClN3O/c1-6(2)9-13-12-8-5-4-7(11)10(15-3)14(8)9/h4-6H,1-3H3. The molecule has 0 amide bonds. The van der Waals surface area contributed by atoms with Gasteiger partial charge in [-0.15, -0.1) is 10.2 Å². The molecule has 5 heteroatoms. The van der Waals surface area contributed by atoms with Crippen LogP contribution in [-0.2, 0) is 0 Å². The van der Waals surface area contributed by atoms with E-state index in [1.807, 2.05) is 10.5 Å². The van der Waals surface area contributed by atoms with Crippen molar-refractivity contribution in [1.29, 1.82) is 0 Å². The minimum absolute atomic E-state index is 0.271. The highest BCUT2D eigenvalue weighted by Crippen LogP contribution is 2.27. The lowest BCUT2D eigenvalue weighted by atomic mass is 10.2. The molecule has 0 atom stereocenters. The Morgan fingerprint density at radius 2 is 2.07 bits per heavy atom. The van der Waals surface area contributed by atoms with E-state index < -0.39 is 0 Å². The van der Waals surface area contributed by atoms with Crippen molar-refractivity contribution in [2.24, 2.45) is 0 Å². The summed E-state index contributed by atoms with van der Waals surface area (Å²) in [6.07, 6.45) is 0. The van der Waals surface area contributed by atoms with Crippen LogP contribution in [0.5, 0.6) is 5.88 Å². The summed E-state index contributed by atoms with van der Waals surface area (Å²) >= 11 is 6.04. The molecule has 4 nitrogen and oxygen atoms in total. The van der Waals surface area contributed by atoms with Crippen molar-refractivity contribution in [3.8, 4) is 5.88 Å². The second-order valence-corrected chi connectivity index (χ2v) is 4.00. The SMILES string of the molecule is COc1c(Cl)ccc2nnc(C(C)C)n12. The van der Waals surface area contributed by atoms with E-state index in [1.165, 1.54) is 0 Å². The molecule has 0 bridgehead atoms. The molecule has 2 aromatic rings. The van der Waals surface area contributed by atoms with Crippen LogP contribution < -0.4 is 4.74 Å². The minimum Gasteiger partial charge on any atom is -0.481 e. The van der Waals surface area contributed by atoms with Gasteiger partial charge in [0.15, 0.2) is 5.65 Å². The number of hydrogen-bond acceptors (Lipinski definition) is 3. The van der Waals surface area contributed by atoms with E-state index >= 15 is 0 Å². The van der Waals surface area contributed by atoms with E-state index in [2.05, 4.69) is 24.0 Å². The van der Waals surface area contributed by atoms with Gasteiger partial charge >= 0.3 is 0 Å². The van der Waals surface area contributed by atoms with Crippen LogP contribution in [0.25, 0.3) is 5.65 Å². The summed E-state index contributed by atoms with van der Waals surface area (Å²) in [5.41, 5.74) is 0.750. The van der Waals surface area contributed by atoms with Crippen LogP contribution in [0.1, 0.15) is 25.6 Å². The van der Waals surface area contributed by atoms with Crippen LogP contribution in [-0.4, -0.2) is 21.7 Å². The first-order valence-corrected chi connectivity index (χ1v) is 5.10. The second-order valence-electron chi connectivity index (χ2n) is 3.60. The van der Waals surface area contributed by atoms with Crippen LogP contribution in [0.3, 0.4) is 0 Å². The largest absolute Gasteiger partial charge is 0.481 e. The van der Waals surface area contributed by atoms with Gasteiger partial charge in [-0.2, -0.15) is 0 Å². The lowest BCUT2D eigenvalue weighted by Crippen LogP contribution is -2.01. The van der Waals surface area contributed by atoms with Crippen molar-refractivity contribution in [2.75, 3.05) is 7.11 Å². The van der Waals surface area contributed by atoms with E-state index in [1.54, 1.807) is 13.2 Å². The molecule has 0 aliphatic rings. The maximum Gasteiger partial charge on any atom is 0.219 e. The summed E-state index contributed by atoms with van der Waals surface area (Å²) in [7, 11) is 1.59. The Morgan fingerprint density at radius 1 is 1.33 bits per heavy atom. The first-order valence-electron chi connectivity index (χ1n) is 4.72. The maximum absolute atomic E-state index is 6.04. The molecule has 0 aliphatic heterocycles. The third-order valence-electron chi connectivity index (χ3n) is 2.21. The summed E-state index contributed by atoms with van der Waals surface area (Å²) in [5.74, 6) is 1.71. The normalized spacial score (nSPS) is 11.3. The van der Waals surface area contributed by atoms with E-state index in [9.17, 15) is 0 Å². The van der Waals surface area contributed by atoms with Crippen LogP contribution in [0.4, 0.5) is 0 Å². The topological polar surface area (TPSA) is 39.4 Å². The van der Waals surface area contributed by atoms with E-state index in [0.29, 0.717) is 10.9 Å². The molecule has 0 aliphatic carbocycles. The molecule has 0 saturated heterocycles. The summed E-state index contributed by atoms with van der Waals surface area (Å²) in [6.45, 7) is 4.10. The molecular formula is C10H12ClN3O. The molecule has 0 saturated carbocycles. The third-order valence-corrected chi connectivity index (χ3v) is 2.50. The third kappa shape index (κ3) is 1.55. The van der Waals surface area contributed by atoms with Gasteiger partial charge in [0, 0.05) is 5.92 Å². The highest BCUT2D eigenvalue weighted by Gasteiger charge is 2.15. The lowest BCUT2D eigenvalue weighted by Gasteiger charge is -2.09. The van der Waals surface area contributed by atoms with E-state index in [4.69, 9.17) is 16.3 Å². The smallest absolute Gasteiger partial charge is 0.219 e. The molecule has 0 unspecified atom stereocenters. The van der Waals surface area contributed by atoms with Crippen molar-refractivity contribution >= 4 is 17.2 Å². The molecule has 2 heterocycles. The van der Waals surface area contributed by atoms with Gasteiger partial charge in [-0.25, -0.2) is 4.40 Å². The molecule has 2 rings (SSSR count).